The number of carbonyl (C=O) groups is 1. The molecule has 0 aromatic carbocycles. The van der Waals surface area contributed by atoms with Gasteiger partial charge in [0.05, 0.1) is 0 Å². The molecule has 0 unspecified atom stereocenters. The Morgan fingerprint density at radius 1 is 1.29 bits per heavy atom. The van der Waals surface area contributed by atoms with E-state index in [1.807, 2.05) is 12.3 Å². The molecule has 1 atom stereocenters. The van der Waals surface area contributed by atoms with E-state index in [1.54, 1.807) is 4.57 Å². The largest absolute Gasteiger partial charge is 0.351 e. The number of rotatable bonds is 5. The van der Waals surface area contributed by atoms with Gasteiger partial charge in [0.2, 0.25) is 5.91 Å². The average molecular weight is 349 g/mol. The Balaban J connectivity index is 1.48. The van der Waals surface area contributed by atoms with Crippen LogP contribution in [0.5, 0.6) is 0 Å². The summed E-state index contributed by atoms with van der Waals surface area (Å²) in [5.41, 5.74) is 1.20. The lowest BCUT2D eigenvalue weighted by atomic mass is 9.47. The Kier molecular flexibility index (Phi) is 4.10. The third-order valence-electron chi connectivity index (χ3n) is 6.85. The summed E-state index contributed by atoms with van der Waals surface area (Å²) in [5, 5.41) is 5.15. The van der Waals surface area contributed by atoms with Gasteiger partial charge in [-0.1, -0.05) is 18.3 Å². The van der Waals surface area contributed by atoms with Crippen LogP contribution in [0.25, 0.3) is 0 Å². The Morgan fingerprint density at radius 2 is 1.88 bits per heavy atom. The summed E-state index contributed by atoms with van der Waals surface area (Å²) in [6.45, 7) is 4.25. The highest BCUT2D eigenvalue weighted by atomic mass is 32.1. The molecule has 4 bridgehead atoms. The van der Waals surface area contributed by atoms with E-state index in [0.717, 1.165) is 29.9 Å². The molecule has 5 heteroatoms. The lowest BCUT2D eigenvalue weighted by molar-refractivity contribution is -0.127. The van der Waals surface area contributed by atoms with Crippen LogP contribution in [0.2, 0.25) is 0 Å². The van der Waals surface area contributed by atoms with Crippen LogP contribution in [0.1, 0.15) is 57.6 Å². The molecule has 4 saturated carbocycles. The van der Waals surface area contributed by atoms with Crippen LogP contribution in [-0.4, -0.2) is 16.5 Å². The van der Waals surface area contributed by atoms with Crippen molar-refractivity contribution in [2.45, 2.75) is 71.4 Å². The molecule has 4 aliphatic rings. The van der Waals surface area contributed by atoms with Crippen molar-refractivity contribution in [2.24, 2.45) is 23.2 Å². The summed E-state index contributed by atoms with van der Waals surface area (Å²) < 4.78 is 1.59. The summed E-state index contributed by atoms with van der Waals surface area (Å²) in [5.74, 6) is 2.68. The predicted molar refractivity (Wildman–Crippen MR) is 96.1 cm³/mol. The summed E-state index contributed by atoms with van der Waals surface area (Å²) in [4.78, 5) is 24.4. The summed E-state index contributed by atoms with van der Waals surface area (Å²) >= 11 is 1.17. The second kappa shape index (κ2) is 6.01. The number of nitrogens with zero attached hydrogens (tertiary/aromatic N) is 1. The van der Waals surface area contributed by atoms with E-state index >= 15 is 0 Å². The van der Waals surface area contributed by atoms with Gasteiger partial charge >= 0.3 is 4.87 Å². The number of amides is 1. The van der Waals surface area contributed by atoms with Gasteiger partial charge < -0.3 is 5.32 Å². The predicted octanol–water partition coefficient (Wildman–Crippen LogP) is 3.33. The molecule has 1 aromatic heterocycles. The van der Waals surface area contributed by atoms with Gasteiger partial charge in [-0.05, 0) is 75.0 Å². The number of carbonyl (C=O) groups excluding carboxylic acids is 1. The van der Waals surface area contributed by atoms with Crippen molar-refractivity contribution in [1.82, 2.24) is 9.88 Å². The fourth-order valence-electron chi connectivity index (χ4n) is 6.27. The molecule has 1 heterocycles. The monoisotopic (exact) mass is 348 g/mol. The van der Waals surface area contributed by atoms with E-state index in [1.165, 1.54) is 49.9 Å². The van der Waals surface area contributed by atoms with Gasteiger partial charge in [-0.3, -0.25) is 14.2 Å². The van der Waals surface area contributed by atoms with Gasteiger partial charge in [0.25, 0.3) is 0 Å². The number of hydrogen-bond donors (Lipinski definition) is 1. The highest BCUT2D eigenvalue weighted by Gasteiger charge is 2.53. The molecular formula is C19H28N2O2S. The second-order valence-electron chi connectivity index (χ2n) is 8.54. The fourth-order valence-corrected chi connectivity index (χ4v) is 7.01. The SMILES string of the molecule is CC[C@@H](NC(=O)Cn1c(C)csc1=O)C12CC3CC(CC(C3)C1)C2. The van der Waals surface area contributed by atoms with E-state index in [0.29, 0.717) is 5.41 Å². The van der Waals surface area contributed by atoms with Crippen molar-refractivity contribution in [3.8, 4) is 0 Å². The zero-order valence-corrected chi connectivity index (χ0v) is 15.5. The zero-order chi connectivity index (χ0) is 16.9. The Hall–Kier alpha value is -1.10. The van der Waals surface area contributed by atoms with Gasteiger partial charge in [0.1, 0.15) is 6.54 Å². The van der Waals surface area contributed by atoms with Crippen molar-refractivity contribution < 1.29 is 4.79 Å². The first kappa shape index (κ1) is 16.4. The first-order valence-electron chi connectivity index (χ1n) is 9.43. The third-order valence-corrected chi connectivity index (χ3v) is 7.73. The lowest BCUT2D eigenvalue weighted by Gasteiger charge is -2.59. The minimum atomic E-state index is -0.0366. The van der Waals surface area contributed by atoms with Crippen LogP contribution in [0, 0.1) is 30.1 Å². The molecule has 1 N–H and O–H groups in total. The van der Waals surface area contributed by atoms with Crippen molar-refractivity contribution in [3.63, 3.8) is 0 Å². The van der Waals surface area contributed by atoms with Gasteiger partial charge in [-0.15, -0.1) is 0 Å². The van der Waals surface area contributed by atoms with Crippen LogP contribution < -0.4 is 10.2 Å². The van der Waals surface area contributed by atoms with Gasteiger partial charge in [0, 0.05) is 17.1 Å². The molecule has 5 rings (SSSR count). The van der Waals surface area contributed by atoms with Crippen molar-refractivity contribution in [2.75, 3.05) is 0 Å². The van der Waals surface area contributed by atoms with E-state index < -0.39 is 0 Å². The number of hydrogen-bond acceptors (Lipinski definition) is 3. The topological polar surface area (TPSA) is 51.1 Å². The Labute approximate surface area is 147 Å². The molecule has 4 nitrogen and oxygen atoms in total. The number of thiazole rings is 1. The maximum absolute atomic E-state index is 12.6. The molecule has 0 radical (unpaired) electrons. The summed E-state index contributed by atoms with van der Waals surface area (Å²) in [6, 6.07) is 0.271. The maximum atomic E-state index is 12.6. The quantitative estimate of drug-likeness (QED) is 0.887. The highest BCUT2D eigenvalue weighted by molar-refractivity contribution is 7.07. The zero-order valence-electron chi connectivity index (χ0n) is 14.7. The van der Waals surface area contributed by atoms with Crippen LogP contribution in [0.15, 0.2) is 10.2 Å². The molecule has 0 aliphatic heterocycles. The minimum absolute atomic E-state index is 0.00111. The third kappa shape index (κ3) is 2.75. The molecule has 1 aromatic rings. The minimum Gasteiger partial charge on any atom is -0.351 e. The molecular weight excluding hydrogens is 320 g/mol. The van der Waals surface area contributed by atoms with E-state index in [9.17, 15) is 9.59 Å². The van der Waals surface area contributed by atoms with E-state index in [2.05, 4.69) is 12.2 Å². The molecule has 24 heavy (non-hydrogen) atoms. The van der Waals surface area contributed by atoms with Crippen molar-refractivity contribution in [1.29, 1.82) is 0 Å². The molecule has 0 spiro atoms. The Bertz CT molecular complexity index is 654. The van der Waals surface area contributed by atoms with Gasteiger partial charge in [0.15, 0.2) is 0 Å². The number of aryl methyl sites for hydroxylation is 1. The summed E-state index contributed by atoms with van der Waals surface area (Å²) in [6.07, 6.45) is 9.17. The standard InChI is InChI=1S/C19H28N2O2S/c1-3-16(20-17(22)10-21-12(2)11-24-18(21)23)19-7-13-4-14(8-19)6-15(5-13)9-19/h11,13-16H,3-10H2,1-2H3,(H,20,22)/t13?,14?,15?,16-,19?/m1/s1. The summed E-state index contributed by atoms with van der Waals surface area (Å²) in [7, 11) is 0. The number of aromatic nitrogens is 1. The smallest absolute Gasteiger partial charge is 0.307 e. The second-order valence-corrected chi connectivity index (χ2v) is 9.36. The van der Waals surface area contributed by atoms with E-state index in [4.69, 9.17) is 0 Å². The Morgan fingerprint density at radius 3 is 2.33 bits per heavy atom. The van der Waals surface area contributed by atoms with Gasteiger partial charge in [-0.2, -0.15) is 0 Å². The number of nitrogens with one attached hydrogen (secondary N) is 1. The first-order valence-corrected chi connectivity index (χ1v) is 10.3. The average Bonchev–Trinajstić information content (AvgIpc) is 2.83. The van der Waals surface area contributed by atoms with E-state index in [-0.39, 0.29) is 23.4 Å². The molecule has 4 aliphatic carbocycles. The lowest BCUT2D eigenvalue weighted by Crippen LogP contribution is -2.57. The highest BCUT2D eigenvalue weighted by Crippen LogP contribution is 2.61. The van der Waals surface area contributed by atoms with Gasteiger partial charge in [-0.25, -0.2) is 0 Å². The van der Waals surface area contributed by atoms with Crippen LogP contribution in [-0.2, 0) is 11.3 Å². The van der Waals surface area contributed by atoms with Crippen molar-refractivity contribution in [3.05, 3.63) is 20.7 Å². The first-order chi connectivity index (χ1) is 11.5. The normalized spacial score (nSPS) is 35.2. The maximum Gasteiger partial charge on any atom is 0.307 e. The van der Waals surface area contributed by atoms with Crippen molar-refractivity contribution >= 4 is 17.2 Å². The van der Waals surface area contributed by atoms with Crippen LogP contribution >= 0.6 is 11.3 Å². The van der Waals surface area contributed by atoms with Crippen LogP contribution in [0.3, 0.4) is 0 Å². The molecule has 132 valence electrons. The molecule has 1 amide bonds. The van der Waals surface area contributed by atoms with Crippen LogP contribution in [0.4, 0.5) is 0 Å². The molecule has 4 fully saturated rings. The molecule has 0 saturated heterocycles. The fraction of sp³-hybridized carbons (Fsp3) is 0.789.